The molecule has 1 aromatic rings. The smallest absolute Gasteiger partial charge is 0.255 e. The number of alkyl halides is 2. The van der Waals surface area contributed by atoms with E-state index in [-0.39, 0.29) is 0 Å². The summed E-state index contributed by atoms with van der Waals surface area (Å²) in [6.07, 6.45) is -0.568. The van der Waals surface area contributed by atoms with Crippen LogP contribution in [0.5, 0.6) is 0 Å². The molecular weight excluding hydrogens is 222 g/mol. The number of anilines is 2. The molecule has 0 saturated carbocycles. The van der Waals surface area contributed by atoms with Crippen molar-refractivity contribution in [3.05, 3.63) is 6.07 Å². The Morgan fingerprint density at radius 2 is 2.07 bits per heavy atom. The number of nitrogens with one attached hydrogen (secondary N) is 2. The van der Waals surface area contributed by atoms with Gasteiger partial charge in [0.2, 0.25) is 0 Å². The van der Waals surface area contributed by atoms with Crippen molar-refractivity contribution >= 4 is 23.4 Å². The van der Waals surface area contributed by atoms with E-state index in [0.29, 0.717) is 16.8 Å². The van der Waals surface area contributed by atoms with Gasteiger partial charge in [-0.15, -0.1) is 0 Å². The largest absolute Gasteiger partial charge is 0.373 e. The van der Waals surface area contributed by atoms with Crippen LogP contribution in [0.25, 0.3) is 0 Å². The van der Waals surface area contributed by atoms with Gasteiger partial charge in [0, 0.05) is 13.1 Å². The first kappa shape index (κ1) is 12.0. The molecular formula is C8H12F2N4S. The molecule has 1 heterocycles. The van der Waals surface area contributed by atoms with Gasteiger partial charge in [-0.3, -0.25) is 0 Å². The quantitative estimate of drug-likeness (QED) is 0.602. The highest BCUT2D eigenvalue weighted by Gasteiger charge is 2.05. The van der Waals surface area contributed by atoms with E-state index in [1.54, 1.807) is 13.1 Å². The molecule has 0 radical (unpaired) electrons. The Morgan fingerprint density at radius 3 is 2.60 bits per heavy atom. The molecule has 0 spiro atoms. The summed E-state index contributed by atoms with van der Waals surface area (Å²) in [7, 11) is 1.71. The van der Waals surface area contributed by atoms with E-state index in [0.717, 1.165) is 0 Å². The van der Waals surface area contributed by atoms with Crippen LogP contribution in [-0.4, -0.2) is 36.2 Å². The summed E-state index contributed by atoms with van der Waals surface area (Å²) in [4.78, 5) is 8.15. The summed E-state index contributed by atoms with van der Waals surface area (Å²) >= 11 is 1.36. The SMILES string of the molecule is CNc1cc(NCC(F)F)nc(SC)n1. The predicted octanol–water partition coefficient (Wildman–Crippen LogP) is 1.92. The van der Waals surface area contributed by atoms with Crippen LogP contribution in [0.3, 0.4) is 0 Å². The van der Waals surface area contributed by atoms with Crippen molar-refractivity contribution in [2.24, 2.45) is 0 Å². The third kappa shape index (κ3) is 3.86. The average Bonchev–Trinajstić information content (AvgIpc) is 2.25. The Morgan fingerprint density at radius 1 is 1.40 bits per heavy atom. The van der Waals surface area contributed by atoms with Crippen LogP contribution >= 0.6 is 11.8 Å². The second-order valence-electron chi connectivity index (χ2n) is 2.65. The Hall–Kier alpha value is -1.11. The van der Waals surface area contributed by atoms with Gasteiger partial charge in [-0.1, -0.05) is 11.8 Å². The summed E-state index contributed by atoms with van der Waals surface area (Å²) in [5.41, 5.74) is 0. The van der Waals surface area contributed by atoms with Gasteiger partial charge in [-0.05, 0) is 6.26 Å². The Bertz CT molecular complexity index is 299. The van der Waals surface area contributed by atoms with Gasteiger partial charge in [0.15, 0.2) is 5.16 Å². The fourth-order valence-electron chi connectivity index (χ4n) is 0.917. The van der Waals surface area contributed by atoms with E-state index in [9.17, 15) is 8.78 Å². The van der Waals surface area contributed by atoms with Crippen LogP contribution in [-0.2, 0) is 0 Å². The fraction of sp³-hybridized carbons (Fsp3) is 0.500. The lowest BCUT2D eigenvalue weighted by atomic mass is 10.5. The Kier molecular flexibility index (Phi) is 4.54. The molecule has 0 atom stereocenters. The number of nitrogens with zero attached hydrogens (tertiary/aromatic N) is 2. The maximum atomic E-state index is 12.0. The minimum Gasteiger partial charge on any atom is -0.373 e. The van der Waals surface area contributed by atoms with Crippen molar-refractivity contribution in [3.63, 3.8) is 0 Å². The standard InChI is InChI=1S/C8H12F2N4S/c1-11-6-3-7(12-4-5(9)10)14-8(13-6)15-2/h3,5H,4H2,1-2H3,(H2,11,12,13,14). The van der Waals surface area contributed by atoms with Crippen molar-refractivity contribution in [1.82, 2.24) is 9.97 Å². The van der Waals surface area contributed by atoms with Gasteiger partial charge < -0.3 is 10.6 Å². The zero-order valence-corrected chi connectivity index (χ0v) is 9.24. The molecule has 1 aromatic heterocycles. The summed E-state index contributed by atoms with van der Waals surface area (Å²) in [6, 6.07) is 1.59. The minimum absolute atomic E-state index is 0.402. The highest BCUT2D eigenvalue weighted by atomic mass is 32.2. The second kappa shape index (κ2) is 5.69. The molecule has 0 aliphatic rings. The van der Waals surface area contributed by atoms with E-state index >= 15 is 0 Å². The molecule has 1 rings (SSSR count). The lowest BCUT2D eigenvalue weighted by Crippen LogP contribution is -2.12. The molecule has 0 bridgehead atoms. The highest BCUT2D eigenvalue weighted by molar-refractivity contribution is 7.98. The van der Waals surface area contributed by atoms with Crippen molar-refractivity contribution in [3.8, 4) is 0 Å². The van der Waals surface area contributed by atoms with Crippen molar-refractivity contribution < 1.29 is 8.78 Å². The molecule has 84 valence electrons. The molecule has 7 heteroatoms. The van der Waals surface area contributed by atoms with E-state index in [4.69, 9.17) is 0 Å². The first-order valence-corrected chi connectivity index (χ1v) is 5.51. The predicted molar refractivity (Wildman–Crippen MR) is 57.9 cm³/mol. The van der Waals surface area contributed by atoms with Gasteiger partial charge in [-0.2, -0.15) is 0 Å². The van der Waals surface area contributed by atoms with Gasteiger partial charge in [0.25, 0.3) is 6.43 Å². The van der Waals surface area contributed by atoms with E-state index in [1.807, 2.05) is 6.26 Å². The van der Waals surface area contributed by atoms with Crippen LogP contribution in [0, 0.1) is 0 Å². The number of aromatic nitrogens is 2. The van der Waals surface area contributed by atoms with Crippen LogP contribution in [0.15, 0.2) is 11.2 Å². The monoisotopic (exact) mass is 234 g/mol. The highest BCUT2D eigenvalue weighted by Crippen LogP contribution is 2.16. The maximum Gasteiger partial charge on any atom is 0.255 e. The van der Waals surface area contributed by atoms with E-state index in [1.165, 1.54) is 11.8 Å². The lowest BCUT2D eigenvalue weighted by Gasteiger charge is -2.08. The van der Waals surface area contributed by atoms with Crippen molar-refractivity contribution in [1.29, 1.82) is 0 Å². The number of hydrogen-bond donors (Lipinski definition) is 2. The average molecular weight is 234 g/mol. The third-order valence-electron chi connectivity index (χ3n) is 1.58. The first-order chi connectivity index (χ1) is 7.15. The maximum absolute atomic E-state index is 12.0. The van der Waals surface area contributed by atoms with Crippen LogP contribution in [0.4, 0.5) is 20.4 Å². The molecule has 15 heavy (non-hydrogen) atoms. The number of rotatable bonds is 5. The first-order valence-electron chi connectivity index (χ1n) is 4.28. The zero-order valence-electron chi connectivity index (χ0n) is 8.42. The topological polar surface area (TPSA) is 49.8 Å². The number of hydrogen-bond acceptors (Lipinski definition) is 5. The molecule has 0 aromatic carbocycles. The van der Waals surface area contributed by atoms with Crippen LogP contribution < -0.4 is 10.6 Å². The molecule has 0 saturated heterocycles. The minimum atomic E-state index is -2.39. The van der Waals surface area contributed by atoms with Crippen LogP contribution in [0.2, 0.25) is 0 Å². The molecule has 0 fully saturated rings. The van der Waals surface area contributed by atoms with Gasteiger partial charge in [0.1, 0.15) is 11.6 Å². The van der Waals surface area contributed by atoms with Crippen molar-refractivity contribution in [2.75, 3.05) is 30.5 Å². The Labute approximate surface area is 90.9 Å². The number of thioether (sulfide) groups is 1. The zero-order chi connectivity index (χ0) is 11.3. The van der Waals surface area contributed by atoms with Crippen LogP contribution in [0.1, 0.15) is 0 Å². The normalized spacial score (nSPS) is 10.5. The van der Waals surface area contributed by atoms with Crippen molar-refractivity contribution in [2.45, 2.75) is 11.6 Å². The molecule has 0 aliphatic carbocycles. The lowest BCUT2D eigenvalue weighted by molar-refractivity contribution is 0.163. The summed E-state index contributed by atoms with van der Waals surface area (Å²) in [5, 5.41) is 5.92. The Balaban J connectivity index is 2.77. The van der Waals surface area contributed by atoms with Gasteiger partial charge in [-0.25, -0.2) is 18.7 Å². The van der Waals surface area contributed by atoms with Gasteiger partial charge in [0.05, 0.1) is 6.54 Å². The summed E-state index contributed by atoms with van der Waals surface area (Å²) in [6.45, 7) is -0.409. The summed E-state index contributed by atoms with van der Waals surface area (Å²) < 4.78 is 23.9. The fourth-order valence-corrected chi connectivity index (χ4v) is 1.30. The number of halogens is 2. The van der Waals surface area contributed by atoms with Gasteiger partial charge >= 0.3 is 0 Å². The van der Waals surface area contributed by atoms with E-state index in [2.05, 4.69) is 20.6 Å². The molecule has 2 N–H and O–H groups in total. The molecule has 4 nitrogen and oxygen atoms in total. The molecule has 0 amide bonds. The molecule has 0 aliphatic heterocycles. The second-order valence-corrected chi connectivity index (χ2v) is 3.42. The third-order valence-corrected chi connectivity index (χ3v) is 2.13. The van der Waals surface area contributed by atoms with E-state index < -0.39 is 13.0 Å². The summed E-state index contributed by atoms with van der Waals surface area (Å²) in [5.74, 6) is 1.00. The molecule has 0 unspecified atom stereocenters.